The van der Waals surface area contributed by atoms with Crippen molar-refractivity contribution in [3.63, 3.8) is 0 Å². The summed E-state index contributed by atoms with van der Waals surface area (Å²) in [5.74, 6) is 0.860. The lowest BCUT2D eigenvalue weighted by Gasteiger charge is -2.18. The molecule has 1 atom stereocenters. The molecule has 0 saturated heterocycles. The van der Waals surface area contributed by atoms with Gasteiger partial charge in [-0.15, -0.1) is 0 Å². The van der Waals surface area contributed by atoms with Gasteiger partial charge < -0.3 is 19.5 Å². The van der Waals surface area contributed by atoms with Crippen LogP contribution in [0.4, 0.5) is 4.79 Å². The van der Waals surface area contributed by atoms with Crippen molar-refractivity contribution in [3.8, 4) is 11.5 Å². The van der Waals surface area contributed by atoms with E-state index < -0.39 is 12.1 Å². The smallest absolute Gasteiger partial charge is 0.407 e. The average molecular weight is 504 g/mol. The summed E-state index contributed by atoms with van der Waals surface area (Å²) in [6, 6.07) is 22.3. The number of carbonyl (C=O) groups excluding carboxylic acids is 2. The molecule has 0 bridgehead atoms. The largest absolute Gasteiger partial charge is 0.490 e. The highest BCUT2D eigenvalue weighted by molar-refractivity contribution is 5.83. The van der Waals surface area contributed by atoms with E-state index in [0.29, 0.717) is 24.7 Å². The number of ether oxygens (including phenoxy) is 3. The maximum Gasteiger partial charge on any atom is 0.407 e. The summed E-state index contributed by atoms with van der Waals surface area (Å²) < 4.78 is 16.7. The molecule has 8 heteroatoms. The Morgan fingerprint density at radius 1 is 0.919 bits per heavy atom. The van der Waals surface area contributed by atoms with E-state index in [1.54, 1.807) is 13.0 Å². The molecule has 0 saturated carbocycles. The first-order valence-corrected chi connectivity index (χ1v) is 12.2. The Morgan fingerprint density at radius 2 is 1.73 bits per heavy atom. The van der Waals surface area contributed by atoms with Gasteiger partial charge in [0.1, 0.15) is 6.61 Å². The summed E-state index contributed by atoms with van der Waals surface area (Å²) in [5, 5.41) is 6.80. The van der Waals surface area contributed by atoms with Crippen LogP contribution in [0.1, 0.15) is 48.6 Å². The average Bonchev–Trinajstić information content (AvgIpc) is 2.89. The number of amides is 2. The molecule has 3 aromatic carbocycles. The predicted octanol–water partition coefficient (Wildman–Crippen LogP) is 5.30. The van der Waals surface area contributed by atoms with E-state index in [-0.39, 0.29) is 18.9 Å². The third-order valence-corrected chi connectivity index (χ3v) is 5.31. The van der Waals surface area contributed by atoms with Crippen molar-refractivity contribution in [2.24, 2.45) is 5.10 Å². The Hall–Kier alpha value is -4.33. The van der Waals surface area contributed by atoms with Crippen LogP contribution in [0.15, 0.2) is 77.9 Å². The number of rotatable bonds is 12. The molecule has 0 aliphatic heterocycles. The molecule has 8 nitrogen and oxygen atoms in total. The summed E-state index contributed by atoms with van der Waals surface area (Å²) in [7, 11) is 0. The van der Waals surface area contributed by atoms with E-state index in [4.69, 9.17) is 14.2 Å². The van der Waals surface area contributed by atoms with Crippen LogP contribution in [0.25, 0.3) is 0 Å². The van der Waals surface area contributed by atoms with Crippen molar-refractivity contribution < 1.29 is 23.8 Å². The van der Waals surface area contributed by atoms with Gasteiger partial charge in [0.05, 0.1) is 31.9 Å². The molecule has 3 aromatic rings. The second-order valence-corrected chi connectivity index (χ2v) is 8.24. The third kappa shape index (κ3) is 9.00. The molecule has 0 spiro atoms. The first kappa shape index (κ1) is 27.3. The van der Waals surface area contributed by atoms with Crippen LogP contribution in [0.2, 0.25) is 0 Å². The summed E-state index contributed by atoms with van der Waals surface area (Å²) in [4.78, 5) is 24.5. The fourth-order valence-electron chi connectivity index (χ4n) is 3.62. The Labute approximate surface area is 217 Å². The number of benzene rings is 3. The second kappa shape index (κ2) is 14.3. The van der Waals surface area contributed by atoms with Crippen LogP contribution in [0.3, 0.4) is 0 Å². The summed E-state index contributed by atoms with van der Waals surface area (Å²) in [6.07, 6.45) is 0.942. The number of hydrogen-bond acceptors (Lipinski definition) is 6. The Bertz CT molecular complexity index is 1200. The van der Waals surface area contributed by atoms with Gasteiger partial charge in [-0.05, 0) is 55.7 Å². The van der Waals surface area contributed by atoms with Gasteiger partial charge in [0.2, 0.25) is 5.91 Å². The standard InChI is InChI=1S/C29H33N3O5/c1-4-35-27-17-22(14-15-26(27)37-20-23-11-9-10-21(3)16-23)19-30-32-28(33)18-25(31-29(34)36-5-2)24-12-7-6-8-13-24/h6-17,19,25H,4-5,18,20H2,1-3H3,(H,31,34)(H,32,33)/b30-19-/t25-/m1/s1. The summed E-state index contributed by atoms with van der Waals surface area (Å²) >= 11 is 0. The van der Waals surface area contributed by atoms with Crippen molar-refractivity contribution in [1.29, 1.82) is 0 Å². The molecule has 0 aromatic heterocycles. The second-order valence-electron chi connectivity index (χ2n) is 8.24. The van der Waals surface area contributed by atoms with E-state index in [2.05, 4.69) is 21.9 Å². The number of nitrogens with one attached hydrogen (secondary N) is 2. The molecule has 37 heavy (non-hydrogen) atoms. The van der Waals surface area contributed by atoms with Gasteiger partial charge in [0, 0.05) is 0 Å². The van der Waals surface area contributed by atoms with Crippen molar-refractivity contribution in [1.82, 2.24) is 10.7 Å². The van der Waals surface area contributed by atoms with Gasteiger partial charge >= 0.3 is 6.09 Å². The van der Waals surface area contributed by atoms with Crippen LogP contribution in [-0.2, 0) is 16.1 Å². The third-order valence-electron chi connectivity index (χ3n) is 5.31. The molecular weight excluding hydrogens is 470 g/mol. The van der Waals surface area contributed by atoms with Crippen LogP contribution in [-0.4, -0.2) is 31.4 Å². The van der Waals surface area contributed by atoms with Gasteiger partial charge in [0.15, 0.2) is 11.5 Å². The van der Waals surface area contributed by atoms with Crippen LogP contribution in [0.5, 0.6) is 11.5 Å². The Balaban J connectivity index is 1.61. The molecule has 0 aliphatic carbocycles. The highest BCUT2D eigenvalue weighted by Gasteiger charge is 2.18. The predicted molar refractivity (Wildman–Crippen MR) is 143 cm³/mol. The summed E-state index contributed by atoms with van der Waals surface area (Å²) in [6.45, 7) is 6.81. The highest BCUT2D eigenvalue weighted by atomic mass is 16.5. The molecule has 0 unspecified atom stereocenters. The monoisotopic (exact) mass is 503 g/mol. The normalized spacial score (nSPS) is 11.5. The van der Waals surface area contributed by atoms with E-state index in [1.807, 2.05) is 74.5 Å². The number of alkyl carbamates (subject to hydrolysis) is 1. The minimum atomic E-state index is -0.583. The van der Waals surface area contributed by atoms with Crippen LogP contribution in [0, 0.1) is 6.92 Å². The lowest BCUT2D eigenvalue weighted by molar-refractivity contribution is -0.121. The zero-order chi connectivity index (χ0) is 26.5. The molecular formula is C29H33N3O5. The maximum atomic E-state index is 12.6. The van der Waals surface area contributed by atoms with E-state index in [0.717, 1.165) is 16.7 Å². The highest BCUT2D eigenvalue weighted by Crippen LogP contribution is 2.29. The van der Waals surface area contributed by atoms with E-state index >= 15 is 0 Å². The topological polar surface area (TPSA) is 98.2 Å². The summed E-state index contributed by atoms with van der Waals surface area (Å²) in [5.41, 5.74) is 6.29. The zero-order valence-electron chi connectivity index (χ0n) is 21.4. The lowest BCUT2D eigenvalue weighted by atomic mass is 10.0. The number of carbonyl (C=O) groups is 2. The quantitative estimate of drug-likeness (QED) is 0.258. The zero-order valence-corrected chi connectivity index (χ0v) is 21.4. The molecule has 2 N–H and O–H groups in total. The lowest BCUT2D eigenvalue weighted by Crippen LogP contribution is -2.33. The first-order valence-electron chi connectivity index (χ1n) is 12.2. The molecule has 194 valence electrons. The van der Waals surface area contributed by atoms with Crippen LogP contribution >= 0.6 is 0 Å². The molecule has 0 radical (unpaired) electrons. The Morgan fingerprint density at radius 3 is 2.46 bits per heavy atom. The van der Waals surface area contributed by atoms with E-state index in [9.17, 15) is 9.59 Å². The number of hydrazone groups is 1. The van der Waals surface area contributed by atoms with Gasteiger partial charge in [-0.2, -0.15) is 5.10 Å². The van der Waals surface area contributed by atoms with Crippen molar-refractivity contribution in [2.45, 2.75) is 39.8 Å². The fourth-order valence-corrected chi connectivity index (χ4v) is 3.62. The maximum absolute atomic E-state index is 12.6. The fraction of sp³-hybridized carbons (Fsp3) is 0.276. The molecule has 0 aliphatic rings. The molecule has 3 rings (SSSR count). The van der Waals surface area contributed by atoms with Crippen molar-refractivity contribution in [2.75, 3.05) is 13.2 Å². The van der Waals surface area contributed by atoms with E-state index in [1.165, 1.54) is 11.8 Å². The van der Waals surface area contributed by atoms with Gasteiger partial charge in [-0.25, -0.2) is 10.2 Å². The van der Waals surface area contributed by atoms with Crippen molar-refractivity contribution >= 4 is 18.2 Å². The molecule has 0 heterocycles. The number of aryl methyl sites for hydroxylation is 1. The molecule has 2 amide bonds. The van der Waals surface area contributed by atoms with Crippen LogP contribution < -0.4 is 20.2 Å². The number of nitrogens with zero attached hydrogens (tertiary/aromatic N) is 1. The Kier molecular flexibility index (Phi) is 10.5. The first-order chi connectivity index (χ1) is 18.0. The number of hydrogen-bond donors (Lipinski definition) is 2. The van der Waals surface area contributed by atoms with Gasteiger partial charge in [-0.1, -0.05) is 60.2 Å². The molecule has 0 fully saturated rings. The van der Waals surface area contributed by atoms with Gasteiger partial charge in [-0.3, -0.25) is 4.79 Å². The van der Waals surface area contributed by atoms with Gasteiger partial charge in [0.25, 0.3) is 0 Å². The minimum absolute atomic E-state index is 0.00387. The minimum Gasteiger partial charge on any atom is -0.490 e. The van der Waals surface area contributed by atoms with Crippen molar-refractivity contribution in [3.05, 3.63) is 95.1 Å². The SMILES string of the molecule is CCOC(=O)N[C@H](CC(=O)N/N=C\c1ccc(OCc2cccc(C)c2)c(OCC)c1)c1ccccc1.